The second-order valence-electron chi connectivity index (χ2n) is 6.59. The highest BCUT2D eigenvalue weighted by Gasteiger charge is 2.11. The topological polar surface area (TPSA) is 45.2 Å². The minimum Gasteiger partial charge on any atom is -0.326 e. The highest BCUT2D eigenvalue weighted by Crippen LogP contribution is 2.19. The maximum Gasteiger partial charge on any atom is 0.231 e. The van der Waals surface area contributed by atoms with Gasteiger partial charge in [0.15, 0.2) is 0 Å². The summed E-state index contributed by atoms with van der Waals surface area (Å²) in [5.41, 5.74) is 4.22. The minimum atomic E-state index is -0.0404. The summed E-state index contributed by atoms with van der Waals surface area (Å²) in [6, 6.07) is 16.0. The van der Waals surface area contributed by atoms with Crippen LogP contribution in [0.4, 0.5) is 5.69 Å². The second-order valence-corrected chi connectivity index (χ2v) is 8.38. The summed E-state index contributed by atoms with van der Waals surface area (Å²) in [5, 5.41) is 5.79. The molecule has 0 fully saturated rings. The number of carbonyl (C=O) groups excluding carboxylic acids is 1. The van der Waals surface area contributed by atoms with Crippen molar-refractivity contribution in [1.29, 1.82) is 0 Å². The molecule has 6 heteroatoms. The molecule has 1 N–H and O–H groups in total. The van der Waals surface area contributed by atoms with Gasteiger partial charge in [-0.05, 0) is 37.7 Å². The average molecular weight is 444 g/mol. The van der Waals surface area contributed by atoms with E-state index in [-0.39, 0.29) is 5.91 Å². The van der Waals surface area contributed by atoms with E-state index >= 15 is 0 Å². The van der Waals surface area contributed by atoms with Crippen LogP contribution in [0.2, 0.25) is 0 Å². The molecule has 4 nitrogen and oxygen atoms in total. The number of rotatable bonds is 7. The smallest absolute Gasteiger partial charge is 0.231 e. The molecule has 0 atom stereocenters. The Bertz CT molecular complexity index is 908. The normalized spacial score (nSPS) is 11.0. The van der Waals surface area contributed by atoms with E-state index in [2.05, 4.69) is 50.3 Å². The number of hydrogen-bond donors (Lipinski definition) is 1. The van der Waals surface area contributed by atoms with E-state index in [1.54, 1.807) is 0 Å². The number of amides is 1. The van der Waals surface area contributed by atoms with Crippen molar-refractivity contribution in [1.82, 2.24) is 9.88 Å². The Labute approximate surface area is 172 Å². The Kier molecular flexibility index (Phi) is 6.77. The number of nitrogens with zero attached hydrogens (tertiary/aromatic N) is 2. The van der Waals surface area contributed by atoms with Gasteiger partial charge in [-0.25, -0.2) is 4.98 Å². The summed E-state index contributed by atoms with van der Waals surface area (Å²) in [7, 11) is 2.07. The highest BCUT2D eigenvalue weighted by molar-refractivity contribution is 9.10. The van der Waals surface area contributed by atoms with Gasteiger partial charge in [0.1, 0.15) is 5.01 Å². The summed E-state index contributed by atoms with van der Waals surface area (Å²) in [6.07, 6.45) is 0.298. The van der Waals surface area contributed by atoms with E-state index < -0.39 is 0 Å². The standard InChI is InChI=1S/C21H22BrN3OS/c1-15-7-9-17(10-8-15)23-20(26)11-21-24-18(14-27-21)13-25(2)12-16-5-3-4-6-19(16)22/h3-10,14H,11-13H2,1-2H3,(H,23,26). The monoisotopic (exact) mass is 443 g/mol. The third-order valence-electron chi connectivity index (χ3n) is 4.08. The molecular weight excluding hydrogens is 422 g/mol. The Morgan fingerprint density at radius 3 is 2.63 bits per heavy atom. The van der Waals surface area contributed by atoms with Gasteiger partial charge in [-0.3, -0.25) is 9.69 Å². The first kappa shape index (κ1) is 19.7. The molecule has 27 heavy (non-hydrogen) atoms. The molecule has 2 aromatic carbocycles. The molecule has 3 rings (SSSR count). The molecule has 0 radical (unpaired) electrons. The number of carbonyl (C=O) groups is 1. The van der Waals surface area contributed by atoms with Gasteiger partial charge in [0.2, 0.25) is 5.91 Å². The van der Waals surface area contributed by atoms with Crippen LogP contribution >= 0.6 is 27.3 Å². The van der Waals surface area contributed by atoms with E-state index in [0.29, 0.717) is 6.42 Å². The van der Waals surface area contributed by atoms with Crippen molar-refractivity contribution in [3.63, 3.8) is 0 Å². The van der Waals surface area contributed by atoms with E-state index in [4.69, 9.17) is 0 Å². The number of benzene rings is 2. The third kappa shape index (κ3) is 5.99. The van der Waals surface area contributed by atoms with Crippen molar-refractivity contribution >= 4 is 38.9 Å². The number of thiazole rings is 1. The summed E-state index contributed by atoms with van der Waals surface area (Å²) in [4.78, 5) is 19.0. The van der Waals surface area contributed by atoms with Crippen molar-refractivity contribution in [3.8, 4) is 0 Å². The Hall–Kier alpha value is -2.02. The predicted octanol–water partition coefficient (Wildman–Crippen LogP) is 5.03. The molecule has 0 bridgehead atoms. The van der Waals surface area contributed by atoms with Gasteiger partial charge in [0.25, 0.3) is 0 Å². The fourth-order valence-electron chi connectivity index (χ4n) is 2.73. The number of nitrogens with one attached hydrogen (secondary N) is 1. The van der Waals surface area contributed by atoms with Crippen LogP contribution in [0.25, 0.3) is 0 Å². The van der Waals surface area contributed by atoms with E-state index in [9.17, 15) is 4.79 Å². The first-order valence-electron chi connectivity index (χ1n) is 8.71. The first-order chi connectivity index (χ1) is 13.0. The summed E-state index contributed by atoms with van der Waals surface area (Å²) < 4.78 is 1.11. The van der Waals surface area contributed by atoms with Crippen molar-refractivity contribution in [2.24, 2.45) is 0 Å². The predicted molar refractivity (Wildman–Crippen MR) is 115 cm³/mol. The van der Waals surface area contributed by atoms with Gasteiger partial charge >= 0.3 is 0 Å². The SMILES string of the molecule is Cc1ccc(NC(=O)Cc2nc(CN(C)Cc3ccccc3Br)cs2)cc1. The zero-order valence-electron chi connectivity index (χ0n) is 15.4. The molecule has 0 saturated carbocycles. The van der Waals surface area contributed by atoms with Crippen molar-refractivity contribution in [2.45, 2.75) is 26.4 Å². The quantitative estimate of drug-likeness (QED) is 0.556. The highest BCUT2D eigenvalue weighted by atomic mass is 79.9. The summed E-state index contributed by atoms with van der Waals surface area (Å²) >= 11 is 5.12. The van der Waals surface area contributed by atoms with Crippen LogP contribution in [-0.2, 0) is 24.3 Å². The van der Waals surface area contributed by atoms with Crippen molar-refractivity contribution in [3.05, 3.63) is 80.2 Å². The Morgan fingerprint density at radius 1 is 1.15 bits per heavy atom. The second kappa shape index (κ2) is 9.26. The van der Waals surface area contributed by atoms with Crippen LogP contribution in [0.3, 0.4) is 0 Å². The first-order valence-corrected chi connectivity index (χ1v) is 10.4. The minimum absolute atomic E-state index is 0.0404. The van der Waals surface area contributed by atoms with Gasteiger partial charge < -0.3 is 5.32 Å². The molecule has 0 saturated heterocycles. The molecule has 0 aliphatic carbocycles. The van der Waals surface area contributed by atoms with Gasteiger partial charge in [-0.15, -0.1) is 11.3 Å². The zero-order chi connectivity index (χ0) is 19.2. The van der Waals surface area contributed by atoms with Crippen LogP contribution in [0, 0.1) is 6.92 Å². The molecule has 1 aromatic heterocycles. The lowest BCUT2D eigenvalue weighted by Crippen LogP contribution is -2.18. The maximum atomic E-state index is 12.2. The van der Waals surface area contributed by atoms with Crippen LogP contribution in [0.5, 0.6) is 0 Å². The number of anilines is 1. The van der Waals surface area contributed by atoms with Crippen molar-refractivity contribution in [2.75, 3.05) is 12.4 Å². The molecule has 1 amide bonds. The van der Waals surface area contributed by atoms with E-state index in [1.807, 2.05) is 48.7 Å². The molecule has 3 aromatic rings. The Balaban J connectivity index is 1.52. The van der Waals surface area contributed by atoms with Crippen LogP contribution < -0.4 is 5.32 Å². The van der Waals surface area contributed by atoms with Gasteiger partial charge in [-0.2, -0.15) is 0 Å². The van der Waals surface area contributed by atoms with Crippen LogP contribution in [-0.4, -0.2) is 22.8 Å². The number of halogens is 1. The maximum absolute atomic E-state index is 12.2. The molecule has 1 heterocycles. The lowest BCUT2D eigenvalue weighted by molar-refractivity contribution is -0.115. The van der Waals surface area contributed by atoms with E-state index in [1.165, 1.54) is 22.5 Å². The van der Waals surface area contributed by atoms with Gasteiger partial charge in [0.05, 0.1) is 12.1 Å². The molecule has 0 aliphatic heterocycles. The molecule has 0 aliphatic rings. The molecule has 140 valence electrons. The van der Waals surface area contributed by atoms with Crippen molar-refractivity contribution < 1.29 is 4.79 Å². The molecule has 0 spiro atoms. The van der Waals surface area contributed by atoms with E-state index in [0.717, 1.165) is 34.0 Å². The fraction of sp³-hybridized carbons (Fsp3) is 0.238. The summed E-state index contributed by atoms with van der Waals surface area (Å²) in [6.45, 7) is 3.61. The van der Waals surface area contributed by atoms with Crippen LogP contribution in [0.15, 0.2) is 58.4 Å². The third-order valence-corrected chi connectivity index (χ3v) is 5.75. The molecular formula is C21H22BrN3OS. The Morgan fingerprint density at radius 2 is 1.89 bits per heavy atom. The van der Waals surface area contributed by atoms with Gasteiger partial charge in [-0.1, -0.05) is 51.8 Å². The van der Waals surface area contributed by atoms with Gasteiger partial charge in [0, 0.05) is 28.6 Å². The summed E-state index contributed by atoms with van der Waals surface area (Å²) in [5.74, 6) is -0.0404. The molecule has 0 unspecified atom stereocenters. The average Bonchev–Trinajstić information content (AvgIpc) is 3.05. The van der Waals surface area contributed by atoms with Crippen LogP contribution in [0.1, 0.15) is 21.8 Å². The number of aryl methyl sites for hydroxylation is 1. The lowest BCUT2D eigenvalue weighted by Gasteiger charge is -2.16. The lowest BCUT2D eigenvalue weighted by atomic mass is 10.2. The number of hydrogen-bond acceptors (Lipinski definition) is 4. The fourth-order valence-corrected chi connectivity index (χ4v) is 3.93. The largest absolute Gasteiger partial charge is 0.326 e. The number of aromatic nitrogens is 1. The zero-order valence-corrected chi connectivity index (χ0v) is 17.8.